The van der Waals surface area contributed by atoms with Crippen molar-refractivity contribution in [1.29, 1.82) is 0 Å². The van der Waals surface area contributed by atoms with Crippen LogP contribution in [-0.4, -0.2) is 80.6 Å². The largest absolute Gasteiger partial charge is 0.490 e. The molecule has 1 saturated carbocycles. The van der Waals surface area contributed by atoms with Crippen molar-refractivity contribution >= 4 is 28.5 Å². The van der Waals surface area contributed by atoms with Crippen LogP contribution in [0.2, 0.25) is 0 Å². The van der Waals surface area contributed by atoms with E-state index in [0.717, 1.165) is 67.3 Å². The second kappa shape index (κ2) is 13.4. The highest BCUT2D eigenvalue weighted by atomic mass is 19.4. The standard InChI is InChI=1S/C24H23N5O2.2C2HF3O2/c30-24-21-7-6-17(12-22(21)26-23(27-24)16-4-5-16)18-14-25-29(15-18)20-3-1-2-19(13-20)28-8-10-31-11-9-28;2*3-2(4,5)1(6)7/h1-3,6-7,12-16H,4-5,8-11H2,(H,26,27,30);2*(H,6,7). The monoisotopic (exact) mass is 641 g/mol. The van der Waals surface area contributed by atoms with Gasteiger partial charge in [0.05, 0.1) is 36.0 Å². The number of aromatic nitrogens is 4. The van der Waals surface area contributed by atoms with Gasteiger partial charge in [-0.05, 0) is 48.7 Å². The van der Waals surface area contributed by atoms with E-state index in [1.807, 2.05) is 35.3 Å². The van der Waals surface area contributed by atoms with Crippen LogP contribution in [0, 0.1) is 0 Å². The summed E-state index contributed by atoms with van der Waals surface area (Å²) < 4.78 is 70.8. The number of carboxylic acids is 2. The molecule has 1 saturated heterocycles. The van der Waals surface area contributed by atoms with Crippen LogP contribution in [0.1, 0.15) is 24.6 Å². The van der Waals surface area contributed by atoms with Gasteiger partial charge in [-0.3, -0.25) is 4.79 Å². The molecule has 240 valence electrons. The molecule has 11 nitrogen and oxygen atoms in total. The van der Waals surface area contributed by atoms with E-state index >= 15 is 0 Å². The molecular formula is C28H25F6N5O6. The van der Waals surface area contributed by atoms with Gasteiger partial charge < -0.3 is 24.8 Å². The molecule has 0 unspecified atom stereocenters. The number of carbonyl (C=O) groups is 2. The van der Waals surface area contributed by atoms with Crippen LogP contribution in [0.5, 0.6) is 0 Å². The average Bonchev–Trinajstić information content (AvgIpc) is 3.73. The van der Waals surface area contributed by atoms with E-state index in [2.05, 4.69) is 39.2 Å². The van der Waals surface area contributed by atoms with Crippen molar-refractivity contribution in [3.05, 3.63) is 71.0 Å². The fourth-order valence-electron chi connectivity index (χ4n) is 4.15. The lowest BCUT2D eigenvalue weighted by Crippen LogP contribution is -2.36. The van der Waals surface area contributed by atoms with Crippen LogP contribution in [0.3, 0.4) is 0 Å². The van der Waals surface area contributed by atoms with Gasteiger partial charge in [0.25, 0.3) is 5.56 Å². The lowest BCUT2D eigenvalue weighted by atomic mass is 10.1. The molecule has 45 heavy (non-hydrogen) atoms. The number of ether oxygens (including phenoxy) is 1. The predicted octanol–water partition coefficient (Wildman–Crippen LogP) is 4.76. The maximum Gasteiger partial charge on any atom is 0.490 e. The number of hydrogen-bond donors (Lipinski definition) is 3. The molecule has 1 aliphatic heterocycles. The third kappa shape index (κ3) is 8.81. The predicted molar refractivity (Wildman–Crippen MR) is 147 cm³/mol. The van der Waals surface area contributed by atoms with Crippen LogP contribution in [0.25, 0.3) is 27.7 Å². The molecule has 4 aromatic rings. The number of H-pyrrole nitrogens is 1. The second-order valence-corrected chi connectivity index (χ2v) is 9.86. The number of halogens is 6. The maximum atomic E-state index is 12.4. The molecule has 2 aliphatic rings. The van der Waals surface area contributed by atoms with Crippen molar-refractivity contribution in [1.82, 2.24) is 19.7 Å². The molecule has 2 fully saturated rings. The Morgan fingerprint density at radius 2 is 1.49 bits per heavy atom. The van der Waals surface area contributed by atoms with Crippen molar-refractivity contribution in [2.45, 2.75) is 31.1 Å². The Hall–Kier alpha value is -4.93. The zero-order chi connectivity index (χ0) is 32.9. The quantitative estimate of drug-likeness (QED) is 0.268. The number of hydrogen-bond acceptors (Lipinski definition) is 7. The minimum atomic E-state index is -5.08. The second-order valence-electron chi connectivity index (χ2n) is 9.86. The number of anilines is 1. The number of aliphatic carboxylic acids is 2. The maximum absolute atomic E-state index is 12.4. The van der Waals surface area contributed by atoms with E-state index in [9.17, 15) is 31.1 Å². The molecule has 17 heteroatoms. The molecule has 0 bridgehead atoms. The van der Waals surface area contributed by atoms with Crippen LogP contribution >= 0.6 is 0 Å². The molecule has 3 heterocycles. The third-order valence-corrected chi connectivity index (χ3v) is 6.56. The molecule has 6 rings (SSSR count). The molecule has 0 amide bonds. The molecule has 2 aromatic carbocycles. The van der Waals surface area contributed by atoms with Crippen LogP contribution in [0.4, 0.5) is 32.0 Å². The molecule has 0 spiro atoms. The third-order valence-electron chi connectivity index (χ3n) is 6.56. The SMILES string of the molecule is O=C(O)C(F)(F)F.O=C(O)C(F)(F)F.O=c1[nH]c(C2CC2)nc2cc(-c3cnn(-c4cccc(N5CCOCC5)c4)c3)ccc12. The van der Waals surface area contributed by atoms with Crippen molar-refractivity contribution in [3.63, 3.8) is 0 Å². The Morgan fingerprint density at radius 1 is 0.889 bits per heavy atom. The summed E-state index contributed by atoms with van der Waals surface area (Å²) in [7, 11) is 0. The molecule has 3 N–H and O–H groups in total. The normalized spacial score (nSPS) is 15.0. The van der Waals surface area contributed by atoms with Crippen molar-refractivity contribution < 1.29 is 50.9 Å². The fourth-order valence-corrected chi connectivity index (χ4v) is 4.15. The Bertz CT molecular complexity index is 1700. The summed E-state index contributed by atoms with van der Waals surface area (Å²) in [5.74, 6) is -4.30. The summed E-state index contributed by atoms with van der Waals surface area (Å²) in [5.41, 5.74) is 4.87. The number of morpholine rings is 1. The highest BCUT2D eigenvalue weighted by Gasteiger charge is 2.38. The molecule has 1 aliphatic carbocycles. The fraction of sp³-hybridized carbons (Fsp3) is 0.321. The summed E-state index contributed by atoms with van der Waals surface area (Å²) in [4.78, 5) is 40.2. The number of nitrogens with zero attached hydrogens (tertiary/aromatic N) is 4. The zero-order valence-corrected chi connectivity index (χ0v) is 23.1. The summed E-state index contributed by atoms with van der Waals surface area (Å²) in [5, 5.41) is 19.5. The lowest BCUT2D eigenvalue weighted by Gasteiger charge is -2.29. The van der Waals surface area contributed by atoms with Crippen LogP contribution in [0.15, 0.2) is 59.7 Å². The minimum Gasteiger partial charge on any atom is -0.475 e. The first-order valence-electron chi connectivity index (χ1n) is 13.3. The highest BCUT2D eigenvalue weighted by Crippen LogP contribution is 2.38. The van der Waals surface area contributed by atoms with E-state index in [1.165, 1.54) is 5.69 Å². The van der Waals surface area contributed by atoms with Gasteiger partial charge in [0, 0.05) is 36.5 Å². The van der Waals surface area contributed by atoms with Gasteiger partial charge in [-0.1, -0.05) is 12.1 Å². The van der Waals surface area contributed by atoms with Gasteiger partial charge >= 0.3 is 24.3 Å². The first-order valence-corrected chi connectivity index (χ1v) is 13.3. The van der Waals surface area contributed by atoms with Gasteiger partial charge in [0.15, 0.2) is 0 Å². The summed E-state index contributed by atoms with van der Waals surface area (Å²) in [6.07, 6.45) is -4.08. The van der Waals surface area contributed by atoms with E-state index in [1.54, 1.807) is 0 Å². The Morgan fingerprint density at radius 3 is 2.07 bits per heavy atom. The Labute approximate surface area is 249 Å². The average molecular weight is 642 g/mol. The van der Waals surface area contributed by atoms with E-state index in [-0.39, 0.29) is 5.56 Å². The van der Waals surface area contributed by atoms with Crippen molar-refractivity contribution in [2.75, 3.05) is 31.2 Å². The van der Waals surface area contributed by atoms with Gasteiger partial charge in [-0.2, -0.15) is 31.4 Å². The van der Waals surface area contributed by atoms with Gasteiger partial charge in [0.2, 0.25) is 0 Å². The van der Waals surface area contributed by atoms with Crippen LogP contribution in [-0.2, 0) is 14.3 Å². The Kier molecular flexibility index (Phi) is 9.80. The minimum absolute atomic E-state index is 0.0610. The topological polar surface area (TPSA) is 151 Å². The van der Waals surface area contributed by atoms with E-state index in [0.29, 0.717) is 11.3 Å². The summed E-state index contributed by atoms with van der Waals surface area (Å²) in [6, 6.07) is 14.2. The number of rotatable bonds is 4. The van der Waals surface area contributed by atoms with Gasteiger partial charge in [-0.25, -0.2) is 19.3 Å². The molecule has 0 radical (unpaired) electrons. The number of nitrogens with one attached hydrogen (secondary N) is 1. The first-order chi connectivity index (χ1) is 21.1. The van der Waals surface area contributed by atoms with Gasteiger partial charge in [0.1, 0.15) is 5.82 Å². The smallest absolute Gasteiger partial charge is 0.475 e. The lowest BCUT2D eigenvalue weighted by molar-refractivity contribution is -0.193. The van der Waals surface area contributed by atoms with Crippen molar-refractivity contribution in [3.8, 4) is 16.8 Å². The number of aromatic amines is 1. The van der Waals surface area contributed by atoms with Crippen molar-refractivity contribution in [2.24, 2.45) is 0 Å². The Balaban J connectivity index is 0.000000277. The number of carboxylic acid groups (broad SMARTS) is 2. The zero-order valence-electron chi connectivity index (χ0n) is 23.1. The number of fused-ring (bicyclic) bond motifs is 1. The summed E-state index contributed by atoms with van der Waals surface area (Å²) >= 11 is 0. The highest BCUT2D eigenvalue weighted by molar-refractivity contribution is 5.83. The summed E-state index contributed by atoms with van der Waals surface area (Å²) in [6.45, 7) is 3.33. The van der Waals surface area contributed by atoms with E-state index in [4.69, 9.17) is 29.5 Å². The van der Waals surface area contributed by atoms with Crippen LogP contribution < -0.4 is 10.5 Å². The van der Waals surface area contributed by atoms with Gasteiger partial charge in [-0.15, -0.1) is 0 Å². The van der Waals surface area contributed by atoms with E-state index < -0.39 is 24.3 Å². The molecular weight excluding hydrogens is 616 g/mol. The molecule has 2 aromatic heterocycles. The first kappa shape index (κ1) is 33.0. The molecule has 0 atom stereocenters. The number of alkyl halides is 6. The number of benzene rings is 2.